The van der Waals surface area contributed by atoms with Crippen molar-refractivity contribution in [3.8, 4) is 0 Å². The van der Waals surface area contributed by atoms with E-state index < -0.39 is 12.1 Å². The highest BCUT2D eigenvalue weighted by atomic mass is 16.5. The van der Waals surface area contributed by atoms with Crippen molar-refractivity contribution < 1.29 is 24.5 Å². The number of amides is 1. The van der Waals surface area contributed by atoms with Crippen molar-refractivity contribution in [2.45, 2.75) is 244 Å². The number of hydrogen-bond acceptors (Lipinski definition) is 5. The van der Waals surface area contributed by atoms with Crippen LogP contribution in [0.3, 0.4) is 0 Å². The summed E-state index contributed by atoms with van der Waals surface area (Å²) in [6, 6.07) is -0.647. The van der Waals surface area contributed by atoms with Gasteiger partial charge in [0.1, 0.15) is 0 Å². The summed E-state index contributed by atoms with van der Waals surface area (Å²) in [5.41, 5.74) is 0. The van der Waals surface area contributed by atoms with Crippen LogP contribution < -0.4 is 5.32 Å². The summed E-state index contributed by atoms with van der Waals surface area (Å²) in [5, 5.41) is 22.9. The molecule has 1 amide bonds. The molecule has 0 spiro atoms. The summed E-state index contributed by atoms with van der Waals surface area (Å²) in [7, 11) is 0. The Morgan fingerprint density at radius 1 is 0.500 bits per heavy atom. The van der Waals surface area contributed by atoms with Gasteiger partial charge in [-0.3, -0.25) is 9.59 Å². The molecule has 2 atom stereocenters. The summed E-state index contributed by atoms with van der Waals surface area (Å²) in [5.74, 6) is -0.126. The number of aliphatic hydroxyl groups excluding tert-OH is 2. The van der Waals surface area contributed by atoms with Crippen LogP contribution in [0, 0.1) is 0 Å². The van der Waals surface area contributed by atoms with Crippen LogP contribution in [-0.2, 0) is 14.3 Å². The molecule has 6 heteroatoms. The average Bonchev–Trinajstić information content (AvgIpc) is 3.17. The molecule has 0 saturated carbocycles. The maximum absolute atomic E-state index is 12.4. The lowest BCUT2D eigenvalue weighted by atomic mass is 10.1. The Morgan fingerprint density at radius 3 is 1.35 bits per heavy atom. The quantitative estimate of drug-likeness (QED) is 0.0327. The largest absolute Gasteiger partial charge is 0.466 e. The third kappa shape index (κ3) is 39.8. The fraction of sp³-hybridized carbons (Fsp3) is 0.833. The van der Waals surface area contributed by atoms with E-state index in [0.717, 1.165) is 70.6 Å². The average molecular weight is 760 g/mol. The molecule has 3 N–H and O–H groups in total. The smallest absolute Gasteiger partial charge is 0.305 e. The van der Waals surface area contributed by atoms with Gasteiger partial charge < -0.3 is 20.3 Å². The second-order valence-corrected chi connectivity index (χ2v) is 15.7. The summed E-state index contributed by atoms with van der Waals surface area (Å²) >= 11 is 0. The van der Waals surface area contributed by atoms with Gasteiger partial charge in [-0.1, -0.05) is 172 Å². The lowest BCUT2D eigenvalue weighted by Crippen LogP contribution is -2.45. The fourth-order valence-corrected chi connectivity index (χ4v) is 6.74. The second kappa shape index (κ2) is 43.8. The molecule has 6 nitrogen and oxygen atoms in total. The first-order valence-corrected chi connectivity index (χ1v) is 23.3. The number of carbonyl (C=O) groups is 2. The van der Waals surface area contributed by atoms with Crippen molar-refractivity contribution in [1.82, 2.24) is 5.32 Å². The molecule has 0 bridgehead atoms. The highest BCUT2D eigenvalue weighted by Crippen LogP contribution is 2.13. The van der Waals surface area contributed by atoms with Crippen LogP contribution in [0.15, 0.2) is 36.5 Å². The van der Waals surface area contributed by atoms with Crippen LogP contribution in [0.1, 0.15) is 232 Å². The van der Waals surface area contributed by atoms with E-state index in [0.29, 0.717) is 19.4 Å². The van der Waals surface area contributed by atoms with Crippen molar-refractivity contribution in [2.24, 2.45) is 0 Å². The minimum absolute atomic E-state index is 0.0246. The zero-order valence-corrected chi connectivity index (χ0v) is 35.7. The molecule has 54 heavy (non-hydrogen) atoms. The molecule has 0 aliphatic rings. The van der Waals surface area contributed by atoms with Gasteiger partial charge in [-0.2, -0.15) is 0 Å². The molecule has 0 aliphatic heterocycles. The SMILES string of the molecule is CCCCCC/C=C\CCCCCCCC(=O)OCCCCCCCC/C=C\CCCCCC(=O)NC(CO)C(O)/C=C/CCCCCCCCCCC. The van der Waals surface area contributed by atoms with Gasteiger partial charge in [0.2, 0.25) is 5.91 Å². The highest BCUT2D eigenvalue weighted by Gasteiger charge is 2.18. The molecule has 0 aromatic heterocycles. The van der Waals surface area contributed by atoms with Gasteiger partial charge in [-0.25, -0.2) is 0 Å². The molecule has 2 unspecified atom stereocenters. The Hall–Kier alpha value is -1.92. The topological polar surface area (TPSA) is 95.9 Å². The number of aliphatic hydroxyl groups is 2. The third-order valence-corrected chi connectivity index (χ3v) is 10.4. The molecule has 0 heterocycles. The number of unbranched alkanes of at least 4 members (excludes halogenated alkanes) is 27. The number of esters is 1. The van der Waals surface area contributed by atoms with E-state index in [-0.39, 0.29) is 18.5 Å². The normalized spacial score (nSPS) is 13.0. The van der Waals surface area contributed by atoms with Crippen molar-refractivity contribution >= 4 is 11.9 Å². The lowest BCUT2D eigenvalue weighted by molar-refractivity contribution is -0.143. The minimum atomic E-state index is -0.860. The molecule has 0 aliphatic carbocycles. The summed E-state index contributed by atoms with van der Waals surface area (Å²) in [4.78, 5) is 24.3. The Bertz CT molecular complexity index is 884. The predicted molar refractivity (Wildman–Crippen MR) is 232 cm³/mol. The van der Waals surface area contributed by atoms with Gasteiger partial charge in [-0.05, 0) is 83.5 Å². The zero-order valence-electron chi connectivity index (χ0n) is 35.7. The molecule has 0 saturated heterocycles. The van der Waals surface area contributed by atoms with Crippen LogP contribution in [0.2, 0.25) is 0 Å². The number of hydrogen-bond donors (Lipinski definition) is 3. The second-order valence-electron chi connectivity index (χ2n) is 15.7. The van der Waals surface area contributed by atoms with Crippen molar-refractivity contribution in [3.63, 3.8) is 0 Å². The minimum Gasteiger partial charge on any atom is -0.466 e. The van der Waals surface area contributed by atoms with Gasteiger partial charge in [-0.15, -0.1) is 0 Å². The van der Waals surface area contributed by atoms with E-state index in [1.54, 1.807) is 6.08 Å². The van der Waals surface area contributed by atoms with Gasteiger partial charge in [0.25, 0.3) is 0 Å². The molecule has 0 radical (unpaired) electrons. The Kier molecular flexibility index (Phi) is 42.2. The number of ether oxygens (including phenoxy) is 1. The highest BCUT2D eigenvalue weighted by molar-refractivity contribution is 5.76. The lowest BCUT2D eigenvalue weighted by Gasteiger charge is -2.19. The van der Waals surface area contributed by atoms with E-state index >= 15 is 0 Å². The number of nitrogens with one attached hydrogen (secondary N) is 1. The molecular weight excluding hydrogens is 671 g/mol. The maximum atomic E-state index is 12.4. The number of allylic oxidation sites excluding steroid dienone is 5. The third-order valence-electron chi connectivity index (χ3n) is 10.4. The Labute approximate surface area is 334 Å². The first-order chi connectivity index (χ1) is 26.5. The molecule has 0 fully saturated rings. The van der Waals surface area contributed by atoms with Crippen LogP contribution in [-0.4, -0.2) is 47.4 Å². The van der Waals surface area contributed by atoms with E-state index in [9.17, 15) is 19.8 Å². The zero-order chi connectivity index (χ0) is 39.4. The predicted octanol–water partition coefficient (Wildman–Crippen LogP) is 13.3. The molecule has 0 aromatic carbocycles. The van der Waals surface area contributed by atoms with Crippen LogP contribution in [0.4, 0.5) is 0 Å². The Balaban J connectivity index is 3.54. The number of rotatable bonds is 42. The fourth-order valence-electron chi connectivity index (χ4n) is 6.74. The van der Waals surface area contributed by atoms with Crippen molar-refractivity contribution in [1.29, 1.82) is 0 Å². The van der Waals surface area contributed by atoms with E-state index in [4.69, 9.17) is 4.74 Å². The van der Waals surface area contributed by atoms with Crippen LogP contribution in [0.25, 0.3) is 0 Å². The monoisotopic (exact) mass is 760 g/mol. The van der Waals surface area contributed by atoms with Crippen molar-refractivity contribution in [3.05, 3.63) is 36.5 Å². The maximum Gasteiger partial charge on any atom is 0.305 e. The number of carbonyl (C=O) groups excluding carboxylic acids is 2. The molecular formula is C48H89NO5. The standard InChI is InChI=1S/C48H89NO5/c1-3-5-7-9-11-13-15-17-22-26-30-34-38-42-48(53)54-43-39-35-31-27-23-19-16-18-21-25-29-33-37-41-47(52)49-45(44-50)46(51)40-36-32-28-24-20-14-12-10-8-6-4-2/h13,15,18,21,36,40,45-46,50-51H,3-12,14,16-17,19-20,22-35,37-39,41-44H2,1-2H3,(H,49,52)/b15-13-,21-18-,40-36+. The van der Waals surface area contributed by atoms with Gasteiger partial charge in [0.15, 0.2) is 0 Å². The van der Waals surface area contributed by atoms with E-state index in [1.165, 1.54) is 135 Å². The van der Waals surface area contributed by atoms with Gasteiger partial charge in [0.05, 0.1) is 25.4 Å². The summed E-state index contributed by atoms with van der Waals surface area (Å²) in [6.07, 6.45) is 51.3. The first-order valence-electron chi connectivity index (χ1n) is 23.3. The van der Waals surface area contributed by atoms with Crippen LogP contribution >= 0.6 is 0 Å². The van der Waals surface area contributed by atoms with Gasteiger partial charge >= 0.3 is 5.97 Å². The van der Waals surface area contributed by atoms with E-state index in [1.807, 2.05) is 6.08 Å². The van der Waals surface area contributed by atoms with Crippen molar-refractivity contribution in [2.75, 3.05) is 13.2 Å². The Morgan fingerprint density at radius 2 is 0.870 bits per heavy atom. The van der Waals surface area contributed by atoms with Gasteiger partial charge in [0, 0.05) is 12.8 Å². The summed E-state index contributed by atoms with van der Waals surface area (Å²) in [6.45, 7) is 4.81. The van der Waals surface area contributed by atoms with E-state index in [2.05, 4.69) is 43.5 Å². The summed E-state index contributed by atoms with van der Waals surface area (Å²) < 4.78 is 5.43. The molecule has 316 valence electrons. The molecule has 0 rings (SSSR count). The molecule has 0 aromatic rings. The van der Waals surface area contributed by atoms with Crippen LogP contribution in [0.5, 0.6) is 0 Å². The first kappa shape index (κ1) is 52.1.